The summed E-state index contributed by atoms with van der Waals surface area (Å²) >= 11 is 0. The lowest BCUT2D eigenvalue weighted by Gasteiger charge is -2.26. The van der Waals surface area contributed by atoms with Crippen molar-refractivity contribution in [1.29, 1.82) is 0 Å². The van der Waals surface area contributed by atoms with Crippen molar-refractivity contribution < 1.29 is 18.7 Å². The van der Waals surface area contributed by atoms with Gasteiger partial charge in [-0.05, 0) is 43.4 Å². The Hall–Kier alpha value is -3.99. The summed E-state index contributed by atoms with van der Waals surface area (Å²) in [5.41, 5.74) is 10.3. The highest BCUT2D eigenvalue weighted by atomic mass is 19.1. The summed E-state index contributed by atoms with van der Waals surface area (Å²) in [6.45, 7) is 1.72. The van der Waals surface area contributed by atoms with E-state index in [1.54, 1.807) is 6.07 Å². The topological polar surface area (TPSA) is 129 Å². The number of halogens is 1. The fourth-order valence-corrected chi connectivity index (χ4v) is 6.21. The van der Waals surface area contributed by atoms with Crippen molar-refractivity contribution in [1.82, 2.24) is 29.7 Å². The average molecular weight is 560 g/mol. The number of rotatable bonds is 9. The molecule has 0 spiro atoms. The van der Waals surface area contributed by atoms with Gasteiger partial charge in [0.15, 0.2) is 11.5 Å². The van der Waals surface area contributed by atoms with Crippen LogP contribution in [0.1, 0.15) is 47.7 Å². The van der Waals surface area contributed by atoms with Crippen LogP contribution in [-0.4, -0.2) is 63.3 Å². The lowest BCUT2D eigenvalue weighted by Crippen LogP contribution is -2.38. The molecule has 41 heavy (non-hydrogen) atoms. The van der Waals surface area contributed by atoms with E-state index in [0.29, 0.717) is 60.9 Å². The predicted octanol–water partition coefficient (Wildman–Crippen LogP) is 3.03. The van der Waals surface area contributed by atoms with E-state index in [0.717, 1.165) is 34.7 Å². The van der Waals surface area contributed by atoms with Gasteiger partial charge in [-0.25, -0.2) is 14.4 Å². The average Bonchev–Trinajstić information content (AvgIpc) is 3.45. The molecule has 3 aromatic heterocycles. The van der Waals surface area contributed by atoms with Gasteiger partial charge in [0.1, 0.15) is 17.9 Å². The number of imidazole rings is 1. The first-order valence-corrected chi connectivity index (χ1v) is 14.4. The molecule has 4 aromatic rings. The highest BCUT2D eigenvalue weighted by Gasteiger charge is 2.31. The Morgan fingerprint density at radius 3 is 2.76 bits per heavy atom. The zero-order valence-corrected chi connectivity index (χ0v) is 23.0. The summed E-state index contributed by atoms with van der Waals surface area (Å²) in [6, 6.07) is 9.39. The highest BCUT2D eigenvalue weighted by molar-refractivity contribution is 5.99. The molecule has 1 aromatic carbocycles. The quantitative estimate of drug-likeness (QED) is 0.289. The summed E-state index contributed by atoms with van der Waals surface area (Å²) < 4.78 is 23.8. The van der Waals surface area contributed by atoms with E-state index in [4.69, 9.17) is 20.4 Å². The second kappa shape index (κ2) is 10.1. The van der Waals surface area contributed by atoms with E-state index in [-0.39, 0.29) is 23.7 Å². The first kappa shape index (κ1) is 25.9. The van der Waals surface area contributed by atoms with Gasteiger partial charge in [0.2, 0.25) is 5.91 Å². The summed E-state index contributed by atoms with van der Waals surface area (Å²) in [6.07, 6.45) is 3.26. The summed E-state index contributed by atoms with van der Waals surface area (Å²) in [7, 11) is 1.94. The molecule has 1 aliphatic carbocycles. The third-order valence-corrected chi connectivity index (χ3v) is 8.59. The number of nitrogens with two attached hydrogens (primary N) is 1. The van der Waals surface area contributed by atoms with Crippen molar-refractivity contribution in [3.8, 4) is 17.3 Å². The molecule has 2 amide bonds. The number of carbonyl (C=O) groups excluding carboxylic acids is 2. The molecule has 2 aliphatic heterocycles. The number of benzene rings is 1. The second-order valence-corrected chi connectivity index (χ2v) is 11.8. The van der Waals surface area contributed by atoms with Gasteiger partial charge in [-0.3, -0.25) is 9.59 Å². The van der Waals surface area contributed by atoms with Gasteiger partial charge in [-0.2, -0.15) is 0 Å². The minimum Gasteiger partial charge on any atom is -0.491 e. The number of nitrogens with one attached hydrogen (secondary N) is 2. The van der Waals surface area contributed by atoms with E-state index in [1.807, 2.05) is 23.7 Å². The predicted molar refractivity (Wildman–Crippen MR) is 152 cm³/mol. The Morgan fingerprint density at radius 2 is 2.00 bits per heavy atom. The van der Waals surface area contributed by atoms with Gasteiger partial charge in [0.25, 0.3) is 5.91 Å². The lowest BCUT2D eigenvalue weighted by molar-refractivity contribution is -0.119. The molecule has 5 heterocycles. The van der Waals surface area contributed by atoms with E-state index >= 15 is 0 Å². The van der Waals surface area contributed by atoms with E-state index in [9.17, 15) is 14.0 Å². The van der Waals surface area contributed by atoms with Gasteiger partial charge in [0, 0.05) is 56.4 Å². The number of carbonyl (C=O) groups is 2. The number of alkyl halides is 1. The number of amides is 2. The van der Waals surface area contributed by atoms with Gasteiger partial charge >= 0.3 is 0 Å². The number of hydrogen-bond acceptors (Lipinski definition) is 6. The van der Waals surface area contributed by atoms with Crippen molar-refractivity contribution in [2.75, 3.05) is 26.4 Å². The maximum absolute atomic E-state index is 13.2. The zero-order valence-electron chi connectivity index (χ0n) is 23.0. The molecule has 1 unspecified atom stereocenters. The van der Waals surface area contributed by atoms with Crippen molar-refractivity contribution in [3.05, 3.63) is 41.6 Å². The van der Waals surface area contributed by atoms with Crippen LogP contribution in [0.4, 0.5) is 4.39 Å². The molecule has 0 bridgehead atoms. The number of nitrogens with zero attached hydrogens (tertiary/aromatic N) is 4. The smallest absolute Gasteiger partial charge is 0.253 e. The van der Waals surface area contributed by atoms with Crippen LogP contribution in [0.25, 0.3) is 33.6 Å². The summed E-state index contributed by atoms with van der Waals surface area (Å²) in [5.74, 6) is 2.01. The fraction of sp³-hybridized carbons (Fsp3) is 0.467. The number of pyridine rings is 1. The first-order valence-electron chi connectivity index (χ1n) is 14.4. The monoisotopic (exact) mass is 559 g/mol. The molecule has 3 atom stereocenters. The molecule has 7 rings (SSSR count). The lowest BCUT2D eigenvalue weighted by atomic mass is 9.90. The van der Waals surface area contributed by atoms with Crippen LogP contribution < -0.4 is 21.1 Å². The molecule has 11 heteroatoms. The Kier molecular flexibility index (Phi) is 6.41. The number of hydrogen-bond donors (Lipinski definition) is 3. The van der Waals surface area contributed by atoms with Crippen molar-refractivity contribution in [2.45, 2.75) is 44.2 Å². The standard InChI is InChI=1S/C30H34FN7O3/c1-37-28-22(10-21-26(36-28)19(8-20(32)11-31)13-34-30(21)40)35-29(37)23-9-18-3-2-4-24(27(18)38(23)14-16-5-6-16)41-15-17-7-25(39)33-12-17/h2-4,9-10,16-17,19-20H,5-8,11-15,32H2,1H3,(H,33,39)(H,34,40)/t17-,19?,20-/m0/s1. The number of fused-ring (bicyclic) bond motifs is 3. The molecule has 214 valence electrons. The molecule has 1 saturated heterocycles. The van der Waals surface area contributed by atoms with Gasteiger partial charge in [0.05, 0.1) is 29.1 Å². The molecule has 0 radical (unpaired) electrons. The van der Waals surface area contributed by atoms with Crippen LogP contribution in [0.5, 0.6) is 5.75 Å². The van der Waals surface area contributed by atoms with Gasteiger partial charge < -0.3 is 30.2 Å². The molecule has 4 N–H and O–H groups in total. The molecule has 2 fully saturated rings. The molecular weight excluding hydrogens is 525 g/mol. The molecule has 10 nitrogen and oxygen atoms in total. The minimum atomic E-state index is -0.620. The van der Waals surface area contributed by atoms with Crippen molar-refractivity contribution in [2.24, 2.45) is 24.6 Å². The minimum absolute atomic E-state index is 0.0717. The maximum Gasteiger partial charge on any atom is 0.253 e. The normalized spacial score (nSPS) is 21.2. The number of aromatic nitrogens is 4. The molecule has 3 aliphatic rings. The van der Waals surface area contributed by atoms with E-state index in [2.05, 4.69) is 27.3 Å². The van der Waals surface area contributed by atoms with Crippen molar-refractivity contribution >= 4 is 33.9 Å². The Morgan fingerprint density at radius 1 is 1.15 bits per heavy atom. The van der Waals surface area contributed by atoms with E-state index < -0.39 is 12.7 Å². The zero-order chi connectivity index (χ0) is 28.2. The van der Waals surface area contributed by atoms with Crippen LogP contribution in [0.15, 0.2) is 30.3 Å². The number of ether oxygens (including phenoxy) is 1. The van der Waals surface area contributed by atoms with Crippen molar-refractivity contribution in [3.63, 3.8) is 0 Å². The maximum atomic E-state index is 13.2. The van der Waals surface area contributed by atoms with Crippen LogP contribution in [0.2, 0.25) is 0 Å². The third kappa shape index (κ3) is 4.71. The SMILES string of the molecule is Cn1c(-c2cc3cccc(OC[C@@H]4CNC(=O)C4)c3n2CC2CC2)nc2cc3c(nc21)C(C[C@H](N)CF)CNC3=O. The van der Waals surface area contributed by atoms with Gasteiger partial charge in [-0.1, -0.05) is 12.1 Å². The number of para-hydroxylation sites is 1. The summed E-state index contributed by atoms with van der Waals surface area (Å²) in [4.78, 5) is 34.4. The number of aryl methyl sites for hydroxylation is 1. The van der Waals surface area contributed by atoms with E-state index in [1.165, 1.54) is 12.8 Å². The van der Waals surface area contributed by atoms with Crippen LogP contribution in [-0.2, 0) is 18.4 Å². The Balaban J connectivity index is 1.31. The summed E-state index contributed by atoms with van der Waals surface area (Å²) in [5, 5.41) is 6.84. The molecular formula is C30H34FN7O3. The highest BCUT2D eigenvalue weighted by Crippen LogP contribution is 2.39. The largest absolute Gasteiger partial charge is 0.491 e. The molecule has 1 saturated carbocycles. The first-order chi connectivity index (χ1) is 19.9. The third-order valence-electron chi connectivity index (χ3n) is 8.59. The Labute approximate surface area is 236 Å². The second-order valence-electron chi connectivity index (χ2n) is 11.8. The Bertz CT molecular complexity index is 1670. The van der Waals surface area contributed by atoms with Gasteiger partial charge in [-0.15, -0.1) is 0 Å². The van der Waals surface area contributed by atoms with Crippen LogP contribution >= 0.6 is 0 Å². The fourth-order valence-electron chi connectivity index (χ4n) is 6.21. The van der Waals surface area contributed by atoms with Crippen LogP contribution in [0, 0.1) is 11.8 Å². The van der Waals surface area contributed by atoms with Crippen LogP contribution in [0.3, 0.4) is 0 Å².